The third kappa shape index (κ3) is 3.52. The van der Waals surface area contributed by atoms with Gasteiger partial charge >= 0.3 is 11.9 Å². The van der Waals surface area contributed by atoms with Crippen molar-refractivity contribution in [1.29, 1.82) is 0 Å². The van der Waals surface area contributed by atoms with Crippen molar-refractivity contribution >= 4 is 17.7 Å². The van der Waals surface area contributed by atoms with Gasteiger partial charge in [-0.05, 0) is 109 Å². The molecule has 0 unspecified atom stereocenters. The molecule has 0 aromatic rings. The monoisotopic (exact) mass is 558 g/mol. The van der Waals surface area contributed by atoms with E-state index < -0.39 is 35.6 Å². The van der Waals surface area contributed by atoms with Gasteiger partial charge in [-0.25, -0.2) is 0 Å². The number of hydrogen-bond acceptors (Lipinski definition) is 6. The van der Waals surface area contributed by atoms with Crippen molar-refractivity contribution < 1.29 is 34.4 Å². The second-order valence-electron chi connectivity index (χ2n) is 15.4. The second kappa shape index (κ2) is 9.13. The van der Waals surface area contributed by atoms with Crippen LogP contribution in [0.4, 0.5) is 0 Å². The maximum Gasteiger partial charge on any atom is 0.312 e. The molecule has 3 N–H and O–H groups in total. The molecule has 224 valence electrons. The van der Waals surface area contributed by atoms with Crippen LogP contribution >= 0.6 is 0 Å². The van der Waals surface area contributed by atoms with Crippen LogP contribution in [0.25, 0.3) is 0 Å². The number of Topliss-reactive ketones (excluding diaryl/α,β-unsaturated/α-hetero) is 1. The molecule has 5 fully saturated rings. The Labute approximate surface area is 239 Å². The Morgan fingerprint density at radius 3 is 2.10 bits per heavy atom. The topological polar surface area (TPSA) is 121 Å². The van der Waals surface area contributed by atoms with Gasteiger partial charge in [-0.2, -0.15) is 0 Å². The van der Waals surface area contributed by atoms with Crippen molar-refractivity contribution in [3.05, 3.63) is 12.2 Å². The number of esters is 1. The van der Waals surface area contributed by atoms with Gasteiger partial charge in [0.25, 0.3) is 0 Å². The molecule has 0 heterocycles. The van der Waals surface area contributed by atoms with Crippen LogP contribution in [0.5, 0.6) is 0 Å². The van der Waals surface area contributed by atoms with Crippen LogP contribution in [-0.4, -0.2) is 51.4 Å². The molecule has 5 saturated carbocycles. The quantitative estimate of drug-likeness (QED) is 0.291. The summed E-state index contributed by atoms with van der Waals surface area (Å²) in [5, 5.41) is 32.6. The number of ketones is 1. The SMILES string of the molecule is C=C(C(=O)[C@H](O)[C@@H](C)[C@H]1[C@@H](OC(C)=O)C[C@@]2(C)[C@@H]3CC[C@H]4[C@](C)(C(=O)O)[C@@H](O)CC[C@@]45C[C@@]35CC[C@]12C)C(C)C. The van der Waals surface area contributed by atoms with E-state index in [1.54, 1.807) is 6.92 Å². The van der Waals surface area contributed by atoms with Crippen LogP contribution in [0.1, 0.15) is 99.8 Å². The first kappa shape index (κ1) is 29.8. The highest BCUT2D eigenvalue weighted by Gasteiger charge is 2.84. The van der Waals surface area contributed by atoms with Crippen LogP contribution < -0.4 is 0 Å². The number of hydrogen-bond donors (Lipinski definition) is 3. The second-order valence-corrected chi connectivity index (χ2v) is 15.4. The fraction of sp³-hybridized carbons (Fsp3) is 0.848. The van der Waals surface area contributed by atoms with Crippen molar-refractivity contribution in [2.45, 2.75) is 118 Å². The maximum absolute atomic E-state index is 13.2. The predicted octanol–water partition coefficient (Wildman–Crippen LogP) is 5.17. The van der Waals surface area contributed by atoms with Gasteiger partial charge in [0, 0.05) is 12.8 Å². The number of aliphatic hydroxyl groups excluding tert-OH is 2. The van der Waals surface area contributed by atoms with Gasteiger partial charge < -0.3 is 20.1 Å². The lowest BCUT2D eigenvalue weighted by atomic mass is 9.41. The van der Waals surface area contributed by atoms with Crippen LogP contribution in [0, 0.1) is 56.7 Å². The number of carboxylic acid groups (broad SMARTS) is 1. The van der Waals surface area contributed by atoms with E-state index >= 15 is 0 Å². The summed E-state index contributed by atoms with van der Waals surface area (Å²) in [7, 11) is 0. The van der Waals surface area contributed by atoms with Gasteiger partial charge in [-0.3, -0.25) is 14.4 Å². The van der Waals surface area contributed by atoms with E-state index in [9.17, 15) is 29.7 Å². The molecule has 12 atom stereocenters. The molecule has 7 heteroatoms. The molecule has 0 aromatic heterocycles. The van der Waals surface area contributed by atoms with Gasteiger partial charge in [0.05, 0.1) is 11.5 Å². The minimum Gasteiger partial charge on any atom is -0.481 e. The van der Waals surface area contributed by atoms with Gasteiger partial charge in [0.2, 0.25) is 0 Å². The molecular weight excluding hydrogens is 508 g/mol. The van der Waals surface area contributed by atoms with E-state index in [0.717, 1.165) is 38.5 Å². The highest BCUT2D eigenvalue weighted by atomic mass is 16.5. The molecule has 0 bridgehead atoms. The molecule has 0 amide bonds. The molecular formula is C33H50O7. The van der Waals surface area contributed by atoms with Crippen LogP contribution in [-0.2, 0) is 19.1 Å². The first-order valence-electron chi connectivity index (χ1n) is 15.4. The van der Waals surface area contributed by atoms with E-state index in [2.05, 4.69) is 20.4 Å². The number of rotatable bonds is 7. The lowest BCUT2D eigenvalue weighted by Gasteiger charge is -2.62. The lowest BCUT2D eigenvalue weighted by Crippen LogP contribution is -2.60. The summed E-state index contributed by atoms with van der Waals surface area (Å²) in [4.78, 5) is 38.1. The van der Waals surface area contributed by atoms with Crippen molar-refractivity contribution in [3.63, 3.8) is 0 Å². The lowest BCUT2D eigenvalue weighted by molar-refractivity contribution is -0.190. The average molecular weight is 559 g/mol. The molecule has 7 nitrogen and oxygen atoms in total. The smallest absolute Gasteiger partial charge is 0.312 e. The van der Waals surface area contributed by atoms with Gasteiger partial charge in [-0.1, -0.05) is 41.2 Å². The molecule has 0 aliphatic heterocycles. The number of fused-ring (bicyclic) bond motifs is 2. The zero-order valence-electron chi connectivity index (χ0n) is 25.5. The van der Waals surface area contributed by atoms with E-state index in [-0.39, 0.29) is 51.2 Å². The summed E-state index contributed by atoms with van der Waals surface area (Å²) in [6, 6.07) is 0. The Bertz CT molecular complexity index is 1130. The summed E-state index contributed by atoms with van der Waals surface area (Å²) in [6.07, 6.45) is 4.10. The first-order chi connectivity index (χ1) is 18.4. The number of carbonyl (C=O) groups is 3. The Morgan fingerprint density at radius 2 is 1.52 bits per heavy atom. The van der Waals surface area contributed by atoms with E-state index in [1.807, 2.05) is 20.8 Å². The van der Waals surface area contributed by atoms with Gasteiger partial charge in [0.1, 0.15) is 12.2 Å². The fourth-order valence-corrected chi connectivity index (χ4v) is 11.6. The zero-order chi connectivity index (χ0) is 29.8. The summed E-state index contributed by atoms with van der Waals surface area (Å²) in [6.45, 7) is 17.5. The number of carboxylic acids is 1. The molecule has 0 saturated heterocycles. The number of aliphatic carboxylic acids is 1. The third-order valence-corrected chi connectivity index (χ3v) is 13.9. The average Bonchev–Trinajstić information content (AvgIpc) is 3.48. The molecule has 0 radical (unpaired) electrons. The molecule has 5 rings (SSSR count). The molecule has 5 aliphatic rings. The van der Waals surface area contributed by atoms with Gasteiger partial charge in [-0.15, -0.1) is 0 Å². The summed E-state index contributed by atoms with van der Waals surface area (Å²) < 4.78 is 6.02. The highest BCUT2D eigenvalue weighted by Crippen LogP contribution is 2.89. The van der Waals surface area contributed by atoms with Crippen molar-refractivity contribution in [1.82, 2.24) is 0 Å². The zero-order valence-corrected chi connectivity index (χ0v) is 25.5. The van der Waals surface area contributed by atoms with Crippen LogP contribution in [0.3, 0.4) is 0 Å². The predicted molar refractivity (Wildman–Crippen MR) is 150 cm³/mol. The minimum atomic E-state index is -1.22. The van der Waals surface area contributed by atoms with E-state index in [4.69, 9.17) is 4.74 Å². The van der Waals surface area contributed by atoms with E-state index in [1.165, 1.54) is 6.92 Å². The highest BCUT2D eigenvalue weighted by molar-refractivity contribution is 5.98. The summed E-state index contributed by atoms with van der Waals surface area (Å²) in [5.74, 6) is -1.96. The number of carbonyl (C=O) groups excluding carboxylic acids is 2. The van der Waals surface area contributed by atoms with Gasteiger partial charge in [0.15, 0.2) is 5.78 Å². The maximum atomic E-state index is 13.2. The minimum absolute atomic E-state index is 0.0281. The largest absolute Gasteiger partial charge is 0.481 e. The summed E-state index contributed by atoms with van der Waals surface area (Å²) >= 11 is 0. The Morgan fingerprint density at radius 1 is 0.925 bits per heavy atom. The Hall–Kier alpha value is -1.73. The first-order valence-corrected chi connectivity index (χ1v) is 15.4. The van der Waals surface area contributed by atoms with Crippen LogP contribution in [0.2, 0.25) is 0 Å². The standard InChI is InChI=1S/C33H50O7/c1-17(2)18(3)26(36)27(37)19(4)25-21(40-20(5)34)15-30(7)22-9-10-23-31(8,28(38)39)24(35)11-12-32(23)16-33(22,32)14-13-29(25,30)6/h17,19,21-25,27,35,37H,3,9-16H2,1-2,4-8H3,(H,38,39)/t19-,21-,22-,23-,24-,25-,27+,29+,30-,31-,32+,33-/m0/s1. The van der Waals surface area contributed by atoms with Crippen molar-refractivity contribution in [2.24, 2.45) is 56.7 Å². The molecule has 40 heavy (non-hydrogen) atoms. The van der Waals surface area contributed by atoms with Crippen molar-refractivity contribution in [2.75, 3.05) is 0 Å². The Kier molecular flexibility index (Phi) is 6.79. The molecule has 0 aromatic carbocycles. The third-order valence-electron chi connectivity index (χ3n) is 13.9. The number of ether oxygens (including phenoxy) is 1. The summed E-state index contributed by atoms with van der Waals surface area (Å²) in [5.41, 5.74) is -1.24. The normalized spacial score (nSPS) is 48.6. The van der Waals surface area contributed by atoms with Crippen molar-refractivity contribution in [3.8, 4) is 0 Å². The fourth-order valence-electron chi connectivity index (χ4n) is 11.6. The molecule has 5 aliphatic carbocycles. The number of aliphatic hydroxyl groups is 2. The van der Waals surface area contributed by atoms with E-state index in [0.29, 0.717) is 24.3 Å². The Balaban J connectivity index is 1.52. The molecule has 2 spiro atoms. The van der Waals surface area contributed by atoms with Crippen LogP contribution in [0.15, 0.2) is 12.2 Å².